The van der Waals surface area contributed by atoms with Crippen molar-refractivity contribution < 1.29 is 9.21 Å². The number of benzene rings is 2. The van der Waals surface area contributed by atoms with Crippen molar-refractivity contribution in [3.63, 3.8) is 0 Å². The van der Waals surface area contributed by atoms with Gasteiger partial charge < -0.3 is 9.73 Å². The molecule has 22 heavy (non-hydrogen) atoms. The molecule has 3 rings (SSSR count). The Kier molecular flexibility index (Phi) is 3.62. The fraction of sp³-hybridized carbons (Fsp3) is 0.0588. The maximum atomic E-state index is 12.1. The number of aromatic amines is 1. The molecule has 1 aromatic heterocycles. The molecule has 3 aromatic rings. The van der Waals surface area contributed by atoms with Gasteiger partial charge in [-0.25, -0.2) is 4.79 Å². The number of anilines is 1. The van der Waals surface area contributed by atoms with Crippen molar-refractivity contribution in [1.82, 2.24) is 4.98 Å². The highest BCUT2D eigenvalue weighted by molar-refractivity contribution is 6.04. The highest BCUT2D eigenvalue weighted by Crippen LogP contribution is 2.17. The third kappa shape index (κ3) is 2.98. The van der Waals surface area contributed by atoms with Crippen LogP contribution in [0.5, 0.6) is 0 Å². The van der Waals surface area contributed by atoms with E-state index in [-0.39, 0.29) is 5.91 Å². The van der Waals surface area contributed by atoms with Crippen molar-refractivity contribution in [2.45, 2.75) is 6.92 Å². The number of fused-ring (bicyclic) bond motifs is 1. The molecule has 2 N–H and O–H groups in total. The van der Waals surface area contributed by atoms with Crippen LogP contribution in [0.25, 0.3) is 16.7 Å². The van der Waals surface area contributed by atoms with Crippen LogP contribution in [-0.4, -0.2) is 10.9 Å². The molecule has 0 saturated carbocycles. The van der Waals surface area contributed by atoms with Gasteiger partial charge in [-0.15, -0.1) is 0 Å². The van der Waals surface area contributed by atoms with Crippen molar-refractivity contribution >= 4 is 28.3 Å². The summed E-state index contributed by atoms with van der Waals surface area (Å²) in [7, 11) is 0. The van der Waals surface area contributed by atoms with Crippen molar-refractivity contribution in [3.8, 4) is 0 Å². The Morgan fingerprint density at radius 3 is 2.73 bits per heavy atom. The van der Waals surface area contributed by atoms with E-state index >= 15 is 0 Å². The Bertz CT molecular complexity index is 904. The summed E-state index contributed by atoms with van der Waals surface area (Å²) in [6.07, 6.45) is 1.54. The number of hydrogen-bond acceptors (Lipinski definition) is 3. The first-order valence-corrected chi connectivity index (χ1v) is 6.79. The fourth-order valence-corrected chi connectivity index (χ4v) is 2.19. The Balaban J connectivity index is 1.79. The highest BCUT2D eigenvalue weighted by Gasteiger charge is 2.05. The predicted molar refractivity (Wildman–Crippen MR) is 85.6 cm³/mol. The van der Waals surface area contributed by atoms with Gasteiger partial charge in [0, 0.05) is 11.8 Å². The average molecular weight is 294 g/mol. The Morgan fingerprint density at radius 2 is 1.95 bits per heavy atom. The lowest BCUT2D eigenvalue weighted by atomic mass is 10.1. The first-order chi connectivity index (χ1) is 10.6. The Labute approximate surface area is 126 Å². The Morgan fingerprint density at radius 1 is 1.18 bits per heavy atom. The summed E-state index contributed by atoms with van der Waals surface area (Å²) in [5.41, 5.74) is 3.46. The monoisotopic (exact) mass is 294 g/mol. The molecule has 1 heterocycles. The maximum Gasteiger partial charge on any atom is 0.417 e. The zero-order valence-electron chi connectivity index (χ0n) is 11.9. The van der Waals surface area contributed by atoms with E-state index in [1.807, 2.05) is 37.3 Å². The molecule has 110 valence electrons. The average Bonchev–Trinajstić information content (AvgIpc) is 2.87. The number of amides is 1. The van der Waals surface area contributed by atoms with E-state index in [4.69, 9.17) is 4.42 Å². The van der Waals surface area contributed by atoms with Gasteiger partial charge >= 0.3 is 5.76 Å². The van der Waals surface area contributed by atoms with E-state index < -0.39 is 5.76 Å². The number of rotatable bonds is 3. The van der Waals surface area contributed by atoms with E-state index in [1.54, 1.807) is 18.2 Å². The summed E-state index contributed by atoms with van der Waals surface area (Å²) < 4.78 is 4.91. The normalized spacial score (nSPS) is 11.6. The quantitative estimate of drug-likeness (QED) is 0.729. The smallest absolute Gasteiger partial charge is 0.408 e. The molecule has 0 fully saturated rings. The van der Waals surface area contributed by atoms with Gasteiger partial charge in [0.15, 0.2) is 5.58 Å². The van der Waals surface area contributed by atoms with E-state index in [2.05, 4.69) is 10.3 Å². The summed E-state index contributed by atoms with van der Waals surface area (Å²) in [6, 6.07) is 14.6. The van der Waals surface area contributed by atoms with Gasteiger partial charge in [0.2, 0.25) is 5.91 Å². The minimum absolute atomic E-state index is 0.230. The van der Waals surface area contributed by atoms with Crippen LogP contribution in [-0.2, 0) is 4.79 Å². The van der Waals surface area contributed by atoms with E-state index in [0.717, 1.165) is 11.1 Å². The molecule has 0 atom stereocenters. The SMILES string of the molecule is C/C(=C\C(=O)Nc1ccc2oc(=O)[nH]c2c1)c1ccccc1. The summed E-state index contributed by atoms with van der Waals surface area (Å²) >= 11 is 0. The maximum absolute atomic E-state index is 12.1. The molecule has 5 nitrogen and oxygen atoms in total. The van der Waals surface area contributed by atoms with Gasteiger partial charge in [-0.2, -0.15) is 0 Å². The number of carbonyl (C=O) groups is 1. The summed E-state index contributed by atoms with van der Waals surface area (Å²) in [6.45, 7) is 1.88. The van der Waals surface area contributed by atoms with Crippen LogP contribution in [0.3, 0.4) is 0 Å². The number of oxazole rings is 1. The van der Waals surface area contributed by atoms with Crippen LogP contribution in [0, 0.1) is 0 Å². The predicted octanol–water partition coefficient (Wildman–Crippen LogP) is 3.16. The molecule has 2 aromatic carbocycles. The van der Waals surface area contributed by atoms with E-state index in [0.29, 0.717) is 16.8 Å². The molecular formula is C17H14N2O3. The molecule has 0 radical (unpaired) electrons. The van der Waals surface area contributed by atoms with Crippen LogP contribution in [0.15, 0.2) is 63.8 Å². The molecular weight excluding hydrogens is 280 g/mol. The van der Waals surface area contributed by atoms with Gasteiger partial charge in [0.25, 0.3) is 0 Å². The summed E-state index contributed by atoms with van der Waals surface area (Å²) in [5.74, 6) is -0.746. The third-order valence-corrected chi connectivity index (χ3v) is 3.26. The second kappa shape index (κ2) is 5.73. The lowest BCUT2D eigenvalue weighted by molar-refractivity contribution is -0.111. The van der Waals surface area contributed by atoms with Crippen molar-refractivity contribution in [2.75, 3.05) is 5.32 Å². The zero-order valence-corrected chi connectivity index (χ0v) is 11.9. The molecule has 0 unspecified atom stereocenters. The number of aromatic nitrogens is 1. The van der Waals surface area contributed by atoms with Crippen LogP contribution in [0.1, 0.15) is 12.5 Å². The van der Waals surface area contributed by atoms with Gasteiger partial charge in [-0.05, 0) is 36.3 Å². The number of nitrogens with one attached hydrogen (secondary N) is 2. The minimum Gasteiger partial charge on any atom is -0.408 e. The van der Waals surface area contributed by atoms with Crippen molar-refractivity contribution in [2.24, 2.45) is 0 Å². The number of hydrogen-bond donors (Lipinski definition) is 2. The number of carbonyl (C=O) groups excluding carboxylic acids is 1. The summed E-state index contributed by atoms with van der Waals surface area (Å²) in [5, 5.41) is 2.76. The third-order valence-electron chi connectivity index (χ3n) is 3.26. The molecule has 0 aliphatic carbocycles. The topological polar surface area (TPSA) is 75.1 Å². The van der Waals surface area contributed by atoms with E-state index in [1.165, 1.54) is 6.08 Å². The van der Waals surface area contributed by atoms with Crippen LogP contribution in [0.4, 0.5) is 5.69 Å². The first-order valence-electron chi connectivity index (χ1n) is 6.79. The van der Waals surface area contributed by atoms with Crippen LogP contribution in [0.2, 0.25) is 0 Å². The fourth-order valence-electron chi connectivity index (χ4n) is 2.19. The molecule has 0 bridgehead atoms. The van der Waals surface area contributed by atoms with Crippen molar-refractivity contribution in [1.29, 1.82) is 0 Å². The lowest BCUT2D eigenvalue weighted by Crippen LogP contribution is -2.08. The second-order valence-corrected chi connectivity index (χ2v) is 4.91. The molecule has 5 heteroatoms. The molecule has 1 amide bonds. The minimum atomic E-state index is -0.515. The first kappa shape index (κ1) is 13.9. The standard InChI is InChI=1S/C17H14N2O3/c1-11(12-5-3-2-4-6-12)9-16(20)18-13-7-8-15-14(10-13)19-17(21)22-15/h2-10H,1H3,(H,18,20)(H,19,21)/b11-9+. The lowest BCUT2D eigenvalue weighted by Gasteiger charge is -2.04. The highest BCUT2D eigenvalue weighted by atomic mass is 16.4. The van der Waals surface area contributed by atoms with Gasteiger partial charge in [-0.1, -0.05) is 30.3 Å². The molecule has 0 saturated heterocycles. The largest absolute Gasteiger partial charge is 0.417 e. The molecule has 0 spiro atoms. The van der Waals surface area contributed by atoms with Gasteiger partial charge in [-0.3, -0.25) is 9.78 Å². The van der Waals surface area contributed by atoms with Gasteiger partial charge in [0.05, 0.1) is 5.52 Å². The van der Waals surface area contributed by atoms with E-state index in [9.17, 15) is 9.59 Å². The van der Waals surface area contributed by atoms with Crippen LogP contribution < -0.4 is 11.1 Å². The molecule has 0 aliphatic rings. The van der Waals surface area contributed by atoms with Gasteiger partial charge in [0.1, 0.15) is 0 Å². The van der Waals surface area contributed by atoms with Crippen LogP contribution >= 0.6 is 0 Å². The number of allylic oxidation sites excluding steroid dienone is 1. The zero-order chi connectivity index (χ0) is 15.5. The van der Waals surface area contributed by atoms with Crippen molar-refractivity contribution in [3.05, 3.63) is 70.7 Å². The molecule has 0 aliphatic heterocycles. The Hall–Kier alpha value is -3.08. The number of H-pyrrole nitrogens is 1. The summed E-state index contributed by atoms with van der Waals surface area (Å²) in [4.78, 5) is 25.7. The second-order valence-electron chi connectivity index (χ2n) is 4.91.